The first-order valence-corrected chi connectivity index (χ1v) is 11.3. The molecule has 27 heavy (non-hydrogen) atoms. The number of carbonyl (C=O) groups is 1. The minimum absolute atomic E-state index is 0.217. The molecular formula is C22H48N2O3. The number of ether oxygens (including phenoxy) is 1. The first-order valence-electron chi connectivity index (χ1n) is 11.3. The Kier molecular flexibility index (Phi) is 26.8. The van der Waals surface area contributed by atoms with Crippen LogP contribution >= 0.6 is 0 Å². The van der Waals surface area contributed by atoms with Gasteiger partial charge in [-0.2, -0.15) is 0 Å². The molecule has 5 heteroatoms. The molecule has 0 spiro atoms. The van der Waals surface area contributed by atoms with Gasteiger partial charge in [-0.15, -0.1) is 0 Å². The third-order valence-electron chi connectivity index (χ3n) is 4.44. The van der Waals surface area contributed by atoms with Crippen molar-refractivity contribution in [2.45, 2.75) is 117 Å². The number of hydrogen-bond donors (Lipinski definition) is 3. The summed E-state index contributed by atoms with van der Waals surface area (Å²) < 4.78 is 5.88. The first-order chi connectivity index (χ1) is 13.1. The van der Waals surface area contributed by atoms with Crippen LogP contribution in [0.5, 0.6) is 0 Å². The van der Waals surface area contributed by atoms with Crippen LogP contribution in [0.2, 0.25) is 0 Å². The molecule has 0 aromatic heterocycles. The van der Waals surface area contributed by atoms with Gasteiger partial charge in [-0.1, -0.05) is 84.5 Å². The van der Waals surface area contributed by atoms with Gasteiger partial charge in [0.1, 0.15) is 6.23 Å². The molecule has 0 bridgehead atoms. The number of hydrogen-bond acceptors (Lipinski definition) is 4. The van der Waals surface area contributed by atoms with E-state index in [9.17, 15) is 0 Å². The van der Waals surface area contributed by atoms with Gasteiger partial charge >= 0.3 is 0 Å². The fraction of sp³-hybridized carbons (Fsp3) is 0.955. The Labute approximate surface area is 168 Å². The maximum Gasteiger partial charge on any atom is 0.300 e. The number of unbranched alkanes of at least 4 members (excludes halogenated alkanes) is 11. The van der Waals surface area contributed by atoms with Gasteiger partial charge in [-0.3, -0.25) is 10.1 Å². The standard InChI is InChI=1S/C20H44N2O.C2H4O2/c1-3-5-6-7-8-9-10-11-12-13-14-15-19-23-20(4-2)22-18-16-17-21;1-2(3)4/h20,22H,3-19,21H2,1-2H3;1H3,(H,3,4). The SMILES string of the molecule is CC(=O)O.CCCCCCCCCCCCCCOC(CC)NCCCN. The zero-order chi connectivity index (χ0) is 20.6. The molecule has 0 aliphatic heterocycles. The summed E-state index contributed by atoms with van der Waals surface area (Å²) in [7, 11) is 0. The Morgan fingerprint density at radius 3 is 1.74 bits per heavy atom. The summed E-state index contributed by atoms with van der Waals surface area (Å²) in [6.07, 6.45) is 19.0. The van der Waals surface area contributed by atoms with Crippen molar-refractivity contribution in [2.24, 2.45) is 5.73 Å². The molecule has 0 radical (unpaired) electrons. The molecule has 164 valence electrons. The summed E-state index contributed by atoms with van der Waals surface area (Å²) in [6.45, 7) is 8.15. The van der Waals surface area contributed by atoms with Gasteiger partial charge in [-0.25, -0.2) is 0 Å². The summed E-state index contributed by atoms with van der Waals surface area (Å²) in [5.74, 6) is -0.833. The van der Waals surface area contributed by atoms with E-state index in [0.29, 0.717) is 0 Å². The van der Waals surface area contributed by atoms with E-state index >= 15 is 0 Å². The molecule has 0 aliphatic carbocycles. The molecule has 0 amide bonds. The van der Waals surface area contributed by atoms with E-state index in [1.165, 1.54) is 77.0 Å². The maximum absolute atomic E-state index is 9.00. The monoisotopic (exact) mass is 388 g/mol. The second-order valence-corrected chi connectivity index (χ2v) is 7.27. The third kappa shape index (κ3) is 30.3. The molecule has 0 heterocycles. The third-order valence-corrected chi connectivity index (χ3v) is 4.44. The van der Waals surface area contributed by atoms with Crippen molar-refractivity contribution in [1.82, 2.24) is 5.32 Å². The van der Waals surface area contributed by atoms with E-state index in [0.717, 1.165) is 39.5 Å². The highest BCUT2D eigenvalue weighted by Crippen LogP contribution is 2.12. The van der Waals surface area contributed by atoms with Crippen LogP contribution in [0, 0.1) is 0 Å². The van der Waals surface area contributed by atoms with Crippen molar-refractivity contribution in [3.8, 4) is 0 Å². The average molecular weight is 389 g/mol. The van der Waals surface area contributed by atoms with Crippen LogP contribution in [-0.2, 0) is 9.53 Å². The number of carboxylic acids is 1. The number of rotatable bonds is 19. The lowest BCUT2D eigenvalue weighted by molar-refractivity contribution is -0.134. The molecule has 0 aromatic rings. The second kappa shape index (κ2) is 25.4. The van der Waals surface area contributed by atoms with E-state index in [2.05, 4.69) is 19.2 Å². The molecule has 0 saturated heterocycles. The van der Waals surface area contributed by atoms with Crippen LogP contribution in [0.3, 0.4) is 0 Å². The zero-order valence-electron chi connectivity index (χ0n) is 18.4. The Morgan fingerprint density at radius 1 is 0.889 bits per heavy atom. The fourth-order valence-electron chi connectivity index (χ4n) is 2.85. The Hall–Kier alpha value is -0.650. The molecule has 0 rings (SSSR count). The van der Waals surface area contributed by atoms with Gasteiger partial charge in [0.2, 0.25) is 0 Å². The Balaban J connectivity index is 0. The lowest BCUT2D eigenvalue weighted by atomic mass is 10.1. The van der Waals surface area contributed by atoms with E-state index < -0.39 is 5.97 Å². The number of aliphatic carboxylic acids is 1. The van der Waals surface area contributed by atoms with Gasteiger partial charge in [0.05, 0.1) is 0 Å². The van der Waals surface area contributed by atoms with Crippen LogP contribution < -0.4 is 11.1 Å². The molecule has 4 N–H and O–H groups in total. The average Bonchev–Trinajstić information content (AvgIpc) is 2.63. The number of nitrogens with two attached hydrogens (primary N) is 1. The molecule has 0 aliphatic rings. The Bertz CT molecular complexity index is 285. The normalized spacial score (nSPS) is 11.7. The minimum Gasteiger partial charge on any atom is -0.481 e. The second-order valence-electron chi connectivity index (χ2n) is 7.27. The van der Waals surface area contributed by atoms with E-state index in [4.69, 9.17) is 20.4 Å². The Morgan fingerprint density at radius 2 is 1.33 bits per heavy atom. The largest absolute Gasteiger partial charge is 0.481 e. The summed E-state index contributed by atoms with van der Waals surface area (Å²) in [5.41, 5.74) is 5.50. The van der Waals surface area contributed by atoms with Crippen LogP contribution in [0.4, 0.5) is 0 Å². The van der Waals surface area contributed by atoms with E-state index in [1.807, 2.05) is 0 Å². The molecule has 1 atom stereocenters. The molecular weight excluding hydrogens is 340 g/mol. The van der Waals surface area contributed by atoms with Crippen LogP contribution in [0.15, 0.2) is 0 Å². The van der Waals surface area contributed by atoms with Gasteiger partial charge in [0.15, 0.2) is 0 Å². The van der Waals surface area contributed by atoms with Crippen molar-refractivity contribution in [1.29, 1.82) is 0 Å². The van der Waals surface area contributed by atoms with Crippen LogP contribution in [0.1, 0.15) is 111 Å². The molecule has 0 aromatic carbocycles. The lowest BCUT2D eigenvalue weighted by Crippen LogP contribution is -2.33. The topological polar surface area (TPSA) is 84.6 Å². The van der Waals surface area contributed by atoms with Crippen molar-refractivity contribution < 1.29 is 14.6 Å². The van der Waals surface area contributed by atoms with Gasteiger partial charge in [0, 0.05) is 13.5 Å². The van der Waals surface area contributed by atoms with E-state index in [1.54, 1.807) is 0 Å². The molecule has 5 nitrogen and oxygen atoms in total. The van der Waals surface area contributed by atoms with Crippen molar-refractivity contribution in [3.63, 3.8) is 0 Å². The fourth-order valence-corrected chi connectivity index (χ4v) is 2.85. The van der Waals surface area contributed by atoms with Gasteiger partial charge in [-0.05, 0) is 32.4 Å². The van der Waals surface area contributed by atoms with Crippen LogP contribution in [-0.4, -0.2) is 37.0 Å². The van der Waals surface area contributed by atoms with Gasteiger partial charge in [0.25, 0.3) is 5.97 Å². The number of nitrogens with one attached hydrogen (secondary N) is 1. The predicted octanol–water partition coefficient (Wildman–Crippen LogP) is 5.47. The first kappa shape index (κ1) is 28.6. The highest BCUT2D eigenvalue weighted by atomic mass is 16.5. The smallest absolute Gasteiger partial charge is 0.300 e. The van der Waals surface area contributed by atoms with Crippen LogP contribution in [0.25, 0.3) is 0 Å². The van der Waals surface area contributed by atoms with Crippen molar-refractivity contribution >= 4 is 5.97 Å². The zero-order valence-corrected chi connectivity index (χ0v) is 18.4. The predicted molar refractivity (Wildman–Crippen MR) is 116 cm³/mol. The molecule has 1 unspecified atom stereocenters. The van der Waals surface area contributed by atoms with Crippen molar-refractivity contribution in [3.05, 3.63) is 0 Å². The summed E-state index contributed by atoms with van der Waals surface area (Å²) in [6, 6.07) is 0. The number of carboxylic acid groups (broad SMARTS) is 1. The van der Waals surface area contributed by atoms with E-state index in [-0.39, 0.29) is 6.23 Å². The lowest BCUT2D eigenvalue weighted by Gasteiger charge is -2.17. The summed E-state index contributed by atoms with van der Waals surface area (Å²) in [4.78, 5) is 9.00. The van der Waals surface area contributed by atoms with Crippen molar-refractivity contribution in [2.75, 3.05) is 19.7 Å². The minimum atomic E-state index is -0.833. The summed E-state index contributed by atoms with van der Waals surface area (Å²) >= 11 is 0. The maximum atomic E-state index is 9.00. The van der Waals surface area contributed by atoms with Gasteiger partial charge < -0.3 is 15.6 Å². The summed E-state index contributed by atoms with van der Waals surface area (Å²) in [5, 5.41) is 10.8. The highest BCUT2D eigenvalue weighted by molar-refractivity contribution is 5.62. The highest BCUT2D eigenvalue weighted by Gasteiger charge is 2.04. The molecule has 0 saturated carbocycles. The quantitative estimate of drug-likeness (QED) is 0.202. The molecule has 0 fully saturated rings.